The molecule has 5 nitrogen and oxygen atoms in total. The fourth-order valence-corrected chi connectivity index (χ4v) is 2.27. The van der Waals surface area contributed by atoms with Crippen molar-refractivity contribution in [3.63, 3.8) is 0 Å². The van der Waals surface area contributed by atoms with Gasteiger partial charge in [0.05, 0.1) is 19.7 Å². The van der Waals surface area contributed by atoms with Crippen LogP contribution in [0.4, 0.5) is 0 Å². The van der Waals surface area contributed by atoms with Crippen molar-refractivity contribution in [1.82, 2.24) is 4.57 Å². The van der Waals surface area contributed by atoms with Gasteiger partial charge in [-0.05, 0) is 31.5 Å². The molecule has 2 aromatic rings. The molecule has 0 aliphatic carbocycles. The largest absolute Gasteiger partial charge is 0.495 e. The summed E-state index contributed by atoms with van der Waals surface area (Å²) in [5, 5.41) is 0.528. The summed E-state index contributed by atoms with van der Waals surface area (Å²) in [6.07, 6.45) is 1.59. The zero-order valence-corrected chi connectivity index (χ0v) is 12.0. The number of esters is 1. The van der Waals surface area contributed by atoms with E-state index in [0.29, 0.717) is 16.7 Å². The molecule has 20 heavy (non-hydrogen) atoms. The zero-order chi connectivity index (χ0) is 14.9. The van der Waals surface area contributed by atoms with Crippen LogP contribution in [-0.4, -0.2) is 24.8 Å². The molecule has 0 bridgehead atoms. The van der Waals surface area contributed by atoms with E-state index in [4.69, 9.17) is 9.47 Å². The first-order chi connectivity index (χ1) is 9.49. The number of benzene rings is 1. The molecule has 0 fully saturated rings. The Morgan fingerprint density at radius 2 is 2.00 bits per heavy atom. The van der Waals surface area contributed by atoms with Crippen LogP contribution < -0.4 is 10.2 Å². The molecule has 1 atom stereocenters. The Labute approximate surface area is 116 Å². The van der Waals surface area contributed by atoms with Crippen LogP contribution in [0, 0.1) is 6.92 Å². The van der Waals surface area contributed by atoms with Crippen LogP contribution in [-0.2, 0) is 9.53 Å². The molecule has 0 radical (unpaired) electrons. The van der Waals surface area contributed by atoms with Crippen LogP contribution in [0.2, 0.25) is 0 Å². The third-order valence-corrected chi connectivity index (χ3v) is 3.31. The summed E-state index contributed by atoms with van der Waals surface area (Å²) in [6, 6.07) is 4.53. The number of rotatable bonds is 3. The molecular formula is C15H17NO4. The molecule has 0 aliphatic heterocycles. The van der Waals surface area contributed by atoms with Crippen molar-refractivity contribution < 1.29 is 14.3 Å². The minimum Gasteiger partial charge on any atom is -0.495 e. The topological polar surface area (TPSA) is 57.5 Å². The first-order valence-corrected chi connectivity index (χ1v) is 6.27. The standard InChI is InChI=1S/C15H17NO4/c1-9-7-11-12(17)5-6-16(10(2)15(18)20-4)14(11)13(8-9)19-3/h5-8,10H,1-4H3/t10-/m0/s1. The summed E-state index contributed by atoms with van der Waals surface area (Å²) >= 11 is 0. The second kappa shape index (κ2) is 5.36. The highest BCUT2D eigenvalue weighted by Gasteiger charge is 2.19. The van der Waals surface area contributed by atoms with E-state index in [1.807, 2.05) is 13.0 Å². The Bertz CT molecular complexity index is 718. The van der Waals surface area contributed by atoms with Gasteiger partial charge in [0.1, 0.15) is 11.8 Å². The van der Waals surface area contributed by atoms with Crippen LogP contribution in [0.5, 0.6) is 5.75 Å². The third-order valence-electron chi connectivity index (χ3n) is 3.31. The second-order valence-electron chi connectivity index (χ2n) is 4.65. The number of methoxy groups -OCH3 is 2. The number of nitrogens with zero attached hydrogens (tertiary/aromatic N) is 1. The molecule has 2 rings (SSSR count). The molecule has 0 amide bonds. The predicted octanol–water partition coefficient (Wildman–Crippen LogP) is 2.05. The van der Waals surface area contributed by atoms with Crippen molar-refractivity contribution in [1.29, 1.82) is 0 Å². The molecule has 1 aromatic heterocycles. The maximum atomic E-state index is 12.0. The smallest absolute Gasteiger partial charge is 0.328 e. The Hall–Kier alpha value is -2.30. The average Bonchev–Trinajstić information content (AvgIpc) is 2.45. The van der Waals surface area contributed by atoms with Crippen molar-refractivity contribution in [2.24, 2.45) is 0 Å². The quantitative estimate of drug-likeness (QED) is 0.804. The van der Waals surface area contributed by atoms with Gasteiger partial charge in [-0.15, -0.1) is 0 Å². The van der Waals surface area contributed by atoms with Crippen LogP contribution in [0.1, 0.15) is 18.5 Å². The lowest BCUT2D eigenvalue weighted by atomic mass is 10.1. The van der Waals surface area contributed by atoms with E-state index >= 15 is 0 Å². The van der Waals surface area contributed by atoms with E-state index in [-0.39, 0.29) is 11.4 Å². The van der Waals surface area contributed by atoms with Gasteiger partial charge in [-0.3, -0.25) is 4.79 Å². The Kier molecular flexibility index (Phi) is 3.79. The van der Waals surface area contributed by atoms with Gasteiger partial charge >= 0.3 is 5.97 Å². The van der Waals surface area contributed by atoms with Gasteiger partial charge in [0, 0.05) is 17.6 Å². The summed E-state index contributed by atoms with van der Waals surface area (Å²) in [5.74, 6) is 0.186. The highest BCUT2D eigenvalue weighted by molar-refractivity contribution is 5.87. The molecule has 1 aromatic carbocycles. The number of aromatic nitrogens is 1. The van der Waals surface area contributed by atoms with Crippen molar-refractivity contribution in [2.45, 2.75) is 19.9 Å². The minimum absolute atomic E-state index is 0.102. The average molecular weight is 275 g/mol. The molecule has 106 valence electrons. The number of carbonyl (C=O) groups is 1. The fraction of sp³-hybridized carbons (Fsp3) is 0.333. The fourth-order valence-electron chi connectivity index (χ4n) is 2.27. The van der Waals surface area contributed by atoms with Gasteiger partial charge < -0.3 is 14.0 Å². The summed E-state index contributed by atoms with van der Waals surface area (Å²) in [7, 11) is 2.88. The van der Waals surface area contributed by atoms with E-state index in [2.05, 4.69) is 0 Å². The summed E-state index contributed by atoms with van der Waals surface area (Å²) < 4.78 is 11.8. The minimum atomic E-state index is -0.542. The number of hydrogen-bond acceptors (Lipinski definition) is 4. The monoisotopic (exact) mass is 275 g/mol. The Morgan fingerprint density at radius 1 is 1.30 bits per heavy atom. The number of pyridine rings is 1. The molecule has 5 heteroatoms. The van der Waals surface area contributed by atoms with Gasteiger partial charge in [0.2, 0.25) is 0 Å². The van der Waals surface area contributed by atoms with Gasteiger partial charge in [0.15, 0.2) is 5.43 Å². The predicted molar refractivity (Wildman–Crippen MR) is 76.2 cm³/mol. The second-order valence-corrected chi connectivity index (χ2v) is 4.65. The highest BCUT2D eigenvalue weighted by Crippen LogP contribution is 2.27. The van der Waals surface area contributed by atoms with Crippen molar-refractivity contribution >= 4 is 16.9 Å². The number of aryl methyl sites for hydroxylation is 1. The van der Waals surface area contributed by atoms with Crippen molar-refractivity contribution in [2.75, 3.05) is 14.2 Å². The van der Waals surface area contributed by atoms with Gasteiger partial charge in [-0.1, -0.05) is 0 Å². The van der Waals surface area contributed by atoms with E-state index < -0.39 is 6.04 Å². The van der Waals surface area contributed by atoms with Crippen LogP contribution >= 0.6 is 0 Å². The summed E-state index contributed by atoms with van der Waals surface area (Å²) in [6.45, 7) is 3.61. The van der Waals surface area contributed by atoms with Crippen LogP contribution in [0.3, 0.4) is 0 Å². The third kappa shape index (κ3) is 2.27. The molecule has 0 aliphatic rings. The Morgan fingerprint density at radius 3 is 2.60 bits per heavy atom. The number of hydrogen-bond donors (Lipinski definition) is 0. The highest BCUT2D eigenvalue weighted by atomic mass is 16.5. The summed E-state index contributed by atoms with van der Waals surface area (Å²) in [4.78, 5) is 23.8. The van der Waals surface area contributed by atoms with Crippen LogP contribution in [0.15, 0.2) is 29.2 Å². The summed E-state index contributed by atoms with van der Waals surface area (Å²) in [5.41, 5.74) is 1.42. The molecule has 0 unspecified atom stereocenters. The number of carbonyl (C=O) groups excluding carboxylic acids is 1. The first-order valence-electron chi connectivity index (χ1n) is 6.27. The van der Waals surface area contributed by atoms with Crippen molar-refractivity contribution in [3.8, 4) is 5.75 Å². The molecule has 0 N–H and O–H groups in total. The number of fused-ring (bicyclic) bond motifs is 1. The lowest BCUT2D eigenvalue weighted by Gasteiger charge is -2.18. The van der Waals surface area contributed by atoms with E-state index in [9.17, 15) is 9.59 Å². The van der Waals surface area contributed by atoms with Gasteiger partial charge in [0.25, 0.3) is 0 Å². The molecule has 0 saturated heterocycles. The van der Waals surface area contributed by atoms with E-state index in [1.165, 1.54) is 13.2 Å². The van der Waals surface area contributed by atoms with Crippen molar-refractivity contribution in [3.05, 3.63) is 40.2 Å². The van der Waals surface area contributed by atoms with Gasteiger partial charge in [-0.2, -0.15) is 0 Å². The molecule has 1 heterocycles. The molecule has 0 spiro atoms. The normalized spacial score (nSPS) is 12.2. The lowest BCUT2D eigenvalue weighted by Crippen LogP contribution is -2.20. The number of ether oxygens (including phenoxy) is 2. The first kappa shape index (κ1) is 14.1. The SMILES string of the molecule is COC(=O)[C@H](C)n1ccc(=O)c2cc(C)cc(OC)c21. The molecular weight excluding hydrogens is 258 g/mol. The maximum Gasteiger partial charge on any atom is 0.328 e. The van der Waals surface area contributed by atoms with Gasteiger partial charge in [-0.25, -0.2) is 4.79 Å². The Balaban J connectivity index is 2.83. The zero-order valence-electron chi connectivity index (χ0n) is 12.0. The van der Waals surface area contributed by atoms with E-state index in [0.717, 1.165) is 5.56 Å². The van der Waals surface area contributed by atoms with Crippen LogP contribution in [0.25, 0.3) is 10.9 Å². The maximum absolute atomic E-state index is 12.0. The van der Waals surface area contributed by atoms with E-state index in [1.54, 1.807) is 30.9 Å². The molecule has 0 saturated carbocycles. The lowest BCUT2D eigenvalue weighted by molar-refractivity contribution is -0.143.